The summed E-state index contributed by atoms with van der Waals surface area (Å²) in [6.45, 7) is 2.78. The first-order valence-corrected chi connectivity index (χ1v) is 6.89. The predicted octanol–water partition coefficient (Wildman–Crippen LogP) is 3.54. The summed E-state index contributed by atoms with van der Waals surface area (Å²) in [5.74, 6) is 1.18. The summed E-state index contributed by atoms with van der Waals surface area (Å²) in [6, 6.07) is 12.2. The van der Waals surface area contributed by atoms with Crippen molar-refractivity contribution in [2.75, 3.05) is 20.8 Å². The van der Waals surface area contributed by atoms with Crippen LogP contribution in [0.4, 0.5) is 4.39 Å². The van der Waals surface area contributed by atoms with Crippen molar-refractivity contribution >= 4 is 0 Å². The molecule has 0 aliphatic rings. The van der Waals surface area contributed by atoms with Crippen molar-refractivity contribution in [3.8, 4) is 11.5 Å². The molecule has 0 aliphatic heterocycles. The van der Waals surface area contributed by atoms with Gasteiger partial charge in [0.1, 0.15) is 17.3 Å². The van der Waals surface area contributed by atoms with Gasteiger partial charge in [-0.1, -0.05) is 19.1 Å². The molecule has 2 aromatic carbocycles. The van der Waals surface area contributed by atoms with Gasteiger partial charge in [-0.05, 0) is 41.9 Å². The third kappa shape index (κ3) is 3.73. The van der Waals surface area contributed by atoms with Crippen LogP contribution >= 0.6 is 0 Å². The Morgan fingerprint density at radius 3 is 2.19 bits per heavy atom. The molecule has 0 amide bonds. The van der Waals surface area contributed by atoms with Gasteiger partial charge in [-0.15, -0.1) is 0 Å². The third-order valence-electron chi connectivity index (χ3n) is 3.30. The van der Waals surface area contributed by atoms with Crippen LogP contribution in [0.3, 0.4) is 0 Å². The van der Waals surface area contributed by atoms with E-state index < -0.39 is 0 Å². The topological polar surface area (TPSA) is 30.5 Å². The molecule has 2 rings (SSSR count). The van der Waals surface area contributed by atoms with Gasteiger partial charge in [-0.3, -0.25) is 0 Å². The lowest BCUT2D eigenvalue weighted by Gasteiger charge is -2.20. The highest BCUT2D eigenvalue weighted by atomic mass is 19.1. The van der Waals surface area contributed by atoms with Crippen molar-refractivity contribution in [1.29, 1.82) is 0 Å². The first-order chi connectivity index (χ1) is 10.2. The summed E-state index contributed by atoms with van der Waals surface area (Å²) in [5, 5.41) is 3.37. The highest BCUT2D eigenvalue weighted by Crippen LogP contribution is 2.30. The number of halogens is 1. The van der Waals surface area contributed by atoms with E-state index in [9.17, 15) is 4.39 Å². The second kappa shape index (κ2) is 7.09. The lowest BCUT2D eigenvalue weighted by Crippen LogP contribution is -2.22. The number of ether oxygens (including phenoxy) is 2. The quantitative estimate of drug-likeness (QED) is 0.882. The van der Waals surface area contributed by atoms with E-state index >= 15 is 0 Å². The molecule has 2 aromatic rings. The molecule has 0 spiro atoms. The Morgan fingerprint density at radius 2 is 1.67 bits per heavy atom. The molecule has 0 fully saturated rings. The monoisotopic (exact) mass is 289 g/mol. The second-order valence-electron chi connectivity index (χ2n) is 4.69. The molecule has 1 unspecified atom stereocenters. The minimum absolute atomic E-state index is 0.116. The number of methoxy groups -OCH3 is 2. The number of nitrogens with one attached hydrogen (secondary N) is 1. The lowest BCUT2D eigenvalue weighted by molar-refractivity contribution is 0.392. The molecule has 0 radical (unpaired) electrons. The summed E-state index contributed by atoms with van der Waals surface area (Å²) < 4.78 is 24.1. The molecule has 21 heavy (non-hydrogen) atoms. The smallest absolute Gasteiger partial charge is 0.123 e. The maximum absolute atomic E-state index is 13.5. The molecular formula is C17H20FNO2. The highest BCUT2D eigenvalue weighted by molar-refractivity contribution is 5.43. The van der Waals surface area contributed by atoms with Crippen LogP contribution < -0.4 is 14.8 Å². The van der Waals surface area contributed by atoms with Crippen LogP contribution in [0.2, 0.25) is 0 Å². The number of rotatable bonds is 6. The predicted molar refractivity (Wildman–Crippen MR) is 81.5 cm³/mol. The van der Waals surface area contributed by atoms with Crippen molar-refractivity contribution in [2.24, 2.45) is 0 Å². The molecule has 0 heterocycles. The largest absolute Gasteiger partial charge is 0.497 e. The van der Waals surface area contributed by atoms with Crippen LogP contribution in [0, 0.1) is 5.82 Å². The minimum Gasteiger partial charge on any atom is -0.497 e. The maximum atomic E-state index is 13.5. The van der Waals surface area contributed by atoms with Gasteiger partial charge in [0.25, 0.3) is 0 Å². The Hall–Kier alpha value is -2.07. The number of benzene rings is 2. The maximum Gasteiger partial charge on any atom is 0.123 e. The Morgan fingerprint density at radius 1 is 1.00 bits per heavy atom. The molecular weight excluding hydrogens is 269 g/mol. The molecule has 3 nitrogen and oxygen atoms in total. The summed E-state index contributed by atoms with van der Waals surface area (Å²) in [6.07, 6.45) is 0. The average Bonchev–Trinajstić information content (AvgIpc) is 2.52. The van der Waals surface area contributed by atoms with Crippen molar-refractivity contribution in [3.63, 3.8) is 0 Å². The Kier molecular flexibility index (Phi) is 5.17. The van der Waals surface area contributed by atoms with Gasteiger partial charge in [0.2, 0.25) is 0 Å². The summed E-state index contributed by atoms with van der Waals surface area (Å²) in [5.41, 5.74) is 1.84. The fourth-order valence-electron chi connectivity index (χ4n) is 2.31. The third-order valence-corrected chi connectivity index (χ3v) is 3.30. The Labute approximate surface area is 124 Å². The Balaban J connectivity index is 2.46. The van der Waals surface area contributed by atoms with E-state index in [4.69, 9.17) is 9.47 Å². The molecule has 0 aromatic heterocycles. The van der Waals surface area contributed by atoms with E-state index in [2.05, 4.69) is 5.32 Å². The van der Waals surface area contributed by atoms with Gasteiger partial charge in [-0.25, -0.2) is 4.39 Å². The SMILES string of the molecule is CCNC(c1cccc(F)c1)c1cc(OC)cc(OC)c1. The summed E-state index contributed by atoms with van der Waals surface area (Å²) in [4.78, 5) is 0. The summed E-state index contributed by atoms with van der Waals surface area (Å²) in [7, 11) is 3.23. The fourth-order valence-corrected chi connectivity index (χ4v) is 2.31. The molecule has 0 bridgehead atoms. The van der Waals surface area contributed by atoms with Crippen LogP contribution in [-0.4, -0.2) is 20.8 Å². The van der Waals surface area contributed by atoms with Gasteiger partial charge >= 0.3 is 0 Å². The van der Waals surface area contributed by atoms with Crippen LogP contribution in [-0.2, 0) is 0 Å². The zero-order chi connectivity index (χ0) is 15.2. The normalized spacial score (nSPS) is 12.0. The van der Waals surface area contributed by atoms with Gasteiger partial charge in [0.15, 0.2) is 0 Å². The van der Waals surface area contributed by atoms with E-state index in [-0.39, 0.29) is 11.9 Å². The lowest BCUT2D eigenvalue weighted by atomic mass is 9.98. The van der Waals surface area contributed by atoms with Gasteiger partial charge < -0.3 is 14.8 Å². The van der Waals surface area contributed by atoms with E-state index in [0.29, 0.717) is 11.5 Å². The number of hydrogen-bond acceptors (Lipinski definition) is 3. The second-order valence-corrected chi connectivity index (χ2v) is 4.69. The number of hydrogen-bond donors (Lipinski definition) is 1. The first-order valence-electron chi connectivity index (χ1n) is 6.89. The zero-order valence-electron chi connectivity index (χ0n) is 12.5. The standard InChI is InChI=1S/C17H20FNO2/c1-4-19-17(12-6-5-7-14(18)8-12)13-9-15(20-2)11-16(10-13)21-3/h5-11,17,19H,4H2,1-3H3. The molecule has 0 saturated heterocycles. The van der Waals surface area contributed by atoms with Crippen LogP contribution in [0.5, 0.6) is 11.5 Å². The van der Waals surface area contributed by atoms with E-state index in [0.717, 1.165) is 17.7 Å². The molecule has 0 saturated carbocycles. The molecule has 0 aliphatic carbocycles. The van der Waals surface area contributed by atoms with Crippen molar-refractivity contribution in [1.82, 2.24) is 5.32 Å². The average molecular weight is 289 g/mol. The Bertz CT molecular complexity index is 579. The van der Waals surface area contributed by atoms with E-state index in [1.807, 2.05) is 31.2 Å². The van der Waals surface area contributed by atoms with Crippen molar-refractivity contribution in [3.05, 3.63) is 59.4 Å². The molecule has 1 N–H and O–H groups in total. The van der Waals surface area contributed by atoms with E-state index in [1.165, 1.54) is 6.07 Å². The van der Waals surface area contributed by atoms with E-state index in [1.54, 1.807) is 26.4 Å². The van der Waals surface area contributed by atoms with Crippen LogP contribution in [0.1, 0.15) is 24.1 Å². The molecule has 4 heteroatoms. The van der Waals surface area contributed by atoms with Gasteiger partial charge in [0.05, 0.1) is 20.3 Å². The van der Waals surface area contributed by atoms with Crippen molar-refractivity contribution in [2.45, 2.75) is 13.0 Å². The molecule has 1 atom stereocenters. The molecule has 112 valence electrons. The fraction of sp³-hybridized carbons (Fsp3) is 0.294. The van der Waals surface area contributed by atoms with Crippen LogP contribution in [0.25, 0.3) is 0 Å². The highest BCUT2D eigenvalue weighted by Gasteiger charge is 2.15. The minimum atomic E-state index is -0.245. The summed E-state index contributed by atoms with van der Waals surface area (Å²) >= 11 is 0. The first kappa shape index (κ1) is 15.3. The van der Waals surface area contributed by atoms with Gasteiger partial charge in [0, 0.05) is 6.07 Å². The van der Waals surface area contributed by atoms with Crippen molar-refractivity contribution < 1.29 is 13.9 Å². The zero-order valence-corrected chi connectivity index (χ0v) is 12.5. The van der Waals surface area contributed by atoms with Gasteiger partial charge in [-0.2, -0.15) is 0 Å². The van der Waals surface area contributed by atoms with Crippen LogP contribution in [0.15, 0.2) is 42.5 Å².